The molecule has 0 aliphatic rings. The summed E-state index contributed by atoms with van der Waals surface area (Å²) in [6.45, 7) is 0. The highest BCUT2D eigenvalue weighted by Gasteiger charge is 2.43. The van der Waals surface area contributed by atoms with E-state index in [9.17, 15) is 0 Å². The summed E-state index contributed by atoms with van der Waals surface area (Å²) in [5, 5.41) is 3.12. The third-order valence-corrected chi connectivity index (χ3v) is 13.6. The molecule has 0 aliphatic carbocycles. The first-order valence-corrected chi connectivity index (χ1v) is 15.8. The van der Waals surface area contributed by atoms with Crippen molar-refractivity contribution in [3.63, 3.8) is 0 Å². The van der Waals surface area contributed by atoms with E-state index in [1.54, 1.807) is 0 Å². The van der Waals surface area contributed by atoms with E-state index in [-0.39, 0.29) is 6.16 Å². The lowest BCUT2D eigenvalue weighted by molar-refractivity contribution is 0.574. The van der Waals surface area contributed by atoms with Crippen molar-refractivity contribution >= 4 is 35.5 Å². The van der Waals surface area contributed by atoms with Crippen molar-refractivity contribution < 1.29 is 9.13 Å². The predicted molar refractivity (Wildman–Crippen MR) is 154 cm³/mol. The van der Waals surface area contributed by atoms with Gasteiger partial charge in [0.1, 0.15) is 7.14 Å². The van der Waals surface area contributed by atoms with Crippen molar-refractivity contribution in [2.75, 3.05) is 6.16 Å². The van der Waals surface area contributed by atoms with Crippen LogP contribution in [0.15, 0.2) is 152 Å². The average Bonchev–Trinajstić information content (AvgIpc) is 2.97. The Bertz CT molecular complexity index is 1400. The molecule has 0 bridgehead atoms. The van der Waals surface area contributed by atoms with E-state index in [2.05, 4.69) is 0 Å². The second-order valence-electron chi connectivity index (χ2n) is 8.85. The fraction of sp³-hybridized carbons (Fsp3) is 0.0625. The molecule has 2 nitrogen and oxygen atoms in total. The Morgan fingerprint density at radius 2 is 0.722 bits per heavy atom. The van der Waals surface area contributed by atoms with Crippen LogP contribution in [-0.2, 0) is 9.13 Å². The number of hydrogen-bond acceptors (Lipinski definition) is 2. The molecular weight excluding hydrogens is 478 g/mol. The molecule has 0 radical (unpaired) electrons. The van der Waals surface area contributed by atoms with Gasteiger partial charge in [0.25, 0.3) is 0 Å². The monoisotopic (exact) mass is 506 g/mol. The lowest BCUT2D eigenvalue weighted by Gasteiger charge is -2.32. The predicted octanol–water partition coefficient (Wildman–Crippen LogP) is 6.76. The molecule has 0 N–H and O–H groups in total. The molecule has 0 spiro atoms. The van der Waals surface area contributed by atoms with Crippen molar-refractivity contribution in [2.24, 2.45) is 0 Å². The Morgan fingerprint density at radius 3 is 1.08 bits per heavy atom. The van der Waals surface area contributed by atoms with Gasteiger partial charge in [0.15, 0.2) is 7.14 Å². The van der Waals surface area contributed by atoms with E-state index >= 15 is 9.13 Å². The fourth-order valence-corrected chi connectivity index (χ4v) is 12.0. The summed E-state index contributed by atoms with van der Waals surface area (Å²) in [4.78, 5) is 0. The van der Waals surface area contributed by atoms with Crippen molar-refractivity contribution in [1.29, 1.82) is 0 Å². The SMILES string of the molecule is O=P(CC(c1ccccc1)P(=O)(c1ccccc1)c1ccccc1)(c1ccccc1)c1ccccc1. The van der Waals surface area contributed by atoms with Gasteiger partial charge in [-0.3, -0.25) is 0 Å². The Morgan fingerprint density at radius 1 is 0.417 bits per heavy atom. The maximum atomic E-state index is 15.5. The van der Waals surface area contributed by atoms with Crippen LogP contribution in [0.3, 0.4) is 0 Å². The van der Waals surface area contributed by atoms with Crippen molar-refractivity contribution in [3.8, 4) is 0 Å². The van der Waals surface area contributed by atoms with E-state index in [1.165, 1.54) is 0 Å². The minimum atomic E-state index is -3.27. The first-order chi connectivity index (χ1) is 17.6. The summed E-state index contributed by atoms with van der Waals surface area (Å²) in [7, 11) is -6.42. The lowest BCUT2D eigenvalue weighted by Crippen LogP contribution is -2.27. The molecule has 0 amide bonds. The van der Waals surface area contributed by atoms with Gasteiger partial charge in [0, 0.05) is 27.4 Å². The molecule has 5 aromatic carbocycles. The van der Waals surface area contributed by atoms with Crippen LogP contribution in [0.5, 0.6) is 0 Å². The number of benzene rings is 5. The second kappa shape index (κ2) is 10.7. The molecule has 0 heterocycles. The maximum Gasteiger partial charge on any atom is 0.150 e. The van der Waals surface area contributed by atoms with Gasteiger partial charge in [-0.1, -0.05) is 152 Å². The molecule has 0 aromatic heterocycles. The molecule has 178 valence electrons. The van der Waals surface area contributed by atoms with Crippen LogP contribution in [0, 0.1) is 0 Å². The normalized spacial score (nSPS) is 12.7. The first-order valence-electron chi connectivity index (χ1n) is 12.1. The molecule has 36 heavy (non-hydrogen) atoms. The van der Waals surface area contributed by atoms with Crippen molar-refractivity contribution in [3.05, 3.63) is 157 Å². The van der Waals surface area contributed by atoms with Crippen LogP contribution >= 0.6 is 14.3 Å². The zero-order valence-electron chi connectivity index (χ0n) is 19.9. The molecule has 0 saturated heterocycles. The van der Waals surface area contributed by atoms with Crippen molar-refractivity contribution in [1.82, 2.24) is 0 Å². The molecule has 1 atom stereocenters. The molecule has 0 aliphatic heterocycles. The van der Waals surface area contributed by atoms with E-state index in [1.807, 2.05) is 152 Å². The fourth-order valence-electron chi connectivity index (χ4n) is 4.85. The van der Waals surface area contributed by atoms with Crippen molar-refractivity contribution in [2.45, 2.75) is 5.66 Å². The average molecular weight is 507 g/mol. The van der Waals surface area contributed by atoms with Crippen LogP contribution in [0.25, 0.3) is 0 Å². The summed E-state index contributed by atoms with van der Waals surface area (Å²) in [5.74, 6) is 0. The van der Waals surface area contributed by atoms with E-state index in [0.29, 0.717) is 0 Å². The van der Waals surface area contributed by atoms with Gasteiger partial charge in [-0.25, -0.2) is 0 Å². The number of hydrogen-bond donors (Lipinski definition) is 0. The zero-order valence-corrected chi connectivity index (χ0v) is 21.7. The minimum Gasteiger partial charge on any atom is -0.314 e. The summed E-state index contributed by atoms with van der Waals surface area (Å²) < 4.78 is 30.7. The minimum absolute atomic E-state index is 0.256. The molecule has 0 saturated carbocycles. The van der Waals surface area contributed by atoms with Gasteiger partial charge >= 0.3 is 0 Å². The summed E-state index contributed by atoms with van der Waals surface area (Å²) in [6, 6.07) is 48.6. The summed E-state index contributed by atoms with van der Waals surface area (Å²) in [5.41, 5.74) is 0.454. The van der Waals surface area contributed by atoms with Gasteiger partial charge in [0.2, 0.25) is 0 Å². The number of rotatable bonds is 8. The topological polar surface area (TPSA) is 34.1 Å². The summed E-state index contributed by atoms with van der Waals surface area (Å²) in [6.07, 6.45) is 0.256. The molecular formula is C32H28O2P2. The van der Waals surface area contributed by atoms with E-state index < -0.39 is 19.9 Å². The third-order valence-electron chi connectivity index (χ3n) is 6.68. The summed E-state index contributed by atoms with van der Waals surface area (Å²) >= 11 is 0. The Kier molecular flexibility index (Phi) is 7.19. The quantitative estimate of drug-likeness (QED) is 0.218. The lowest BCUT2D eigenvalue weighted by atomic mass is 10.2. The zero-order chi connectivity index (χ0) is 24.8. The highest BCUT2D eigenvalue weighted by Crippen LogP contribution is 2.62. The highest BCUT2D eigenvalue weighted by atomic mass is 31.2. The van der Waals surface area contributed by atoms with Crippen LogP contribution in [0.2, 0.25) is 0 Å². The van der Waals surface area contributed by atoms with Gasteiger partial charge in [-0.05, 0) is 5.56 Å². The van der Waals surface area contributed by atoms with Crippen LogP contribution < -0.4 is 21.2 Å². The second-order valence-corrected chi connectivity index (χ2v) is 14.7. The van der Waals surface area contributed by atoms with E-state index in [4.69, 9.17) is 0 Å². The molecule has 1 unspecified atom stereocenters. The van der Waals surface area contributed by atoms with Crippen LogP contribution in [-0.4, -0.2) is 6.16 Å². The molecule has 5 rings (SSSR count). The van der Waals surface area contributed by atoms with Crippen LogP contribution in [0.4, 0.5) is 0 Å². The third kappa shape index (κ3) is 4.68. The standard InChI is InChI=1S/C32H28O2P2/c33-35(28-18-8-2-9-19-28,29-20-10-3-11-21-29)26-32(27-16-6-1-7-17-27)36(34,30-22-12-4-13-23-30)31-24-14-5-15-25-31/h1-25,32H,26H2. The van der Waals surface area contributed by atoms with Gasteiger partial charge < -0.3 is 9.13 Å². The van der Waals surface area contributed by atoms with Gasteiger partial charge in [-0.15, -0.1) is 0 Å². The smallest absolute Gasteiger partial charge is 0.150 e. The first kappa shape index (κ1) is 24.3. The molecule has 0 fully saturated rings. The van der Waals surface area contributed by atoms with E-state index in [0.717, 1.165) is 26.8 Å². The highest BCUT2D eigenvalue weighted by molar-refractivity contribution is 7.82. The Balaban J connectivity index is 1.77. The largest absolute Gasteiger partial charge is 0.314 e. The van der Waals surface area contributed by atoms with Gasteiger partial charge in [-0.2, -0.15) is 0 Å². The maximum absolute atomic E-state index is 15.5. The van der Waals surface area contributed by atoms with Gasteiger partial charge in [0.05, 0.1) is 5.66 Å². The molecule has 5 aromatic rings. The van der Waals surface area contributed by atoms with Crippen LogP contribution in [0.1, 0.15) is 11.2 Å². The Labute approximate surface area is 213 Å². The molecule has 4 heteroatoms. The Hall–Kier alpha value is -3.44.